The van der Waals surface area contributed by atoms with Crippen molar-refractivity contribution < 1.29 is 13.2 Å². The molecule has 0 N–H and O–H groups in total. The second-order valence-electron chi connectivity index (χ2n) is 7.66. The van der Waals surface area contributed by atoms with Crippen LogP contribution in [0.25, 0.3) is 6.08 Å². The van der Waals surface area contributed by atoms with Crippen molar-refractivity contribution in [3.05, 3.63) is 41.3 Å². The maximum Gasteiger partial charge on any atom is 0.236 e. The van der Waals surface area contributed by atoms with E-state index in [9.17, 15) is 13.2 Å². The van der Waals surface area contributed by atoms with E-state index < -0.39 is 10.0 Å². The summed E-state index contributed by atoms with van der Waals surface area (Å²) in [5.41, 5.74) is 0.862. The molecule has 1 amide bonds. The van der Waals surface area contributed by atoms with Crippen LogP contribution in [0.15, 0.2) is 35.7 Å². The molecule has 1 saturated carbocycles. The van der Waals surface area contributed by atoms with Gasteiger partial charge in [0, 0.05) is 37.5 Å². The Hall–Kier alpha value is -1.66. The first-order valence-corrected chi connectivity index (χ1v) is 11.5. The Labute approximate surface area is 163 Å². The Morgan fingerprint density at radius 2 is 1.81 bits per heavy atom. The molecule has 0 radical (unpaired) electrons. The van der Waals surface area contributed by atoms with E-state index in [4.69, 9.17) is 0 Å². The van der Waals surface area contributed by atoms with Crippen molar-refractivity contribution in [1.82, 2.24) is 9.21 Å². The van der Waals surface area contributed by atoms with Crippen molar-refractivity contribution >= 4 is 22.0 Å². The molecule has 1 heterocycles. The summed E-state index contributed by atoms with van der Waals surface area (Å²) in [6.45, 7) is 4.63. The molecular formula is C21H30N2O3S. The van der Waals surface area contributed by atoms with Crippen LogP contribution in [0.3, 0.4) is 0 Å². The minimum Gasteiger partial charge on any atom is -0.342 e. The van der Waals surface area contributed by atoms with E-state index in [1.54, 1.807) is 6.08 Å². The number of carbonyl (C=O) groups is 1. The van der Waals surface area contributed by atoms with Gasteiger partial charge in [0.2, 0.25) is 15.9 Å². The molecule has 3 rings (SSSR count). The highest BCUT2D eigenvalue weighted by Crippen LogP contribution is 2.31. The summed E-state index contributed by atoms with van der Waals surface area (Å²) in [4.78, 5) is 14.9. The topological polar surface area (TPSA) is 57.7 Å². The second kappa shape index (κ2) is 9.02. The molecule has 1 aromatic rings. The Balaban J connectivity index is 1.55. The van der Waals surface area contributed by atoms with Crippen LogP contribution in [0.4, 0.5) is 0 Å². The SMILES string of the molecule is CCCN(CC1CC1)C(=O)C1CCN(S(=O)(=O)/C=C/c2ccccc2)CC1. The van der Waals surface area contributed by atoms with Crippen LogP contribution in [-0.2, 0) is 14.8 Å². The van der Waals surface area contributed by atoms with Crippen molar-refractivity contribution in [2.24, 2.45) is 11.8 Å². The third kappa shape index (κ3) is 5.66. The van der Waals surface area contributed by atoms with Crippen LogP contribution in [-0.4, -0.2) is 49.7 Å². The van der Waals surface area contributed by atoms with Crippen LogP contribution in [0.2, 0.25) is 0 Å². The average molecular weight is 391 g/mol. The number of rotatable bonds is 8. The van der Waals surface area contributed by atoms with Crippen molar-refractivity contribution in [2.45, 2.75) is 39.0 Å². The highest BCUT2D eigenvalue weighted by molar-refractivity contribution is 7.92. The monoisotopic (exact) mass is 390 g/mol. The molecule has 2 aliphatic rings. The lowest BCUT2D eigenvalue weighted by Gasteiger charge is -2.33. The minimum atomic E-state index is -3.44. The van der Waals surface area contributed by atoms with E-state index in [-0.39, 0.29) is 11.8 Å². The molecule has 5 nitrogen and oxygen atoms in total. The lowest BCUT2D eigenvalue weighted by molar-refractivity contribution is -0.137. The summed E-state index contributed by atoms with van der Waals surface area (Å²) in [5.74, 6) is 0.865. The molecule has 0 unspecified atom stereocenters. The Morgan fingerprint density at radius 3 is 2.41 bits per heavy atom. The Morgan fingerprint density at radius 1 is 1.15 bits per heavy atom. The first kappa shape index (κ1) is 20.1. The summed E-state index contributed by atoms with van der Waals surface area (Å²) < 4.78 is 26.6. The molecule has 0 atom stereocenters. The predicted octanol–water partition coefficient (Wildman–Crippen LogP) is 3.35. The summed E-state index contributed by atoms with van der Waals surface area (Å²) in [6.07, 6.45) is 6.29. The molecule has 0 spiro atoms. The quantitative estimate of drug-likeness (QED) is 0.684. The fraction of sp³-hybridized carbons (Fsp3) is 0.571. The zero-order valence-electron chi connectivity index (χ0n) is 16.1. The third-order valence-corrected chi connectivity index (χ3v) is 6.94. The fourth-order valence-corrected chi connectivity index (χ4v) is 4.82. The first-order valence-electron chi connectivity index (χ1n) is 10.0. The van der Waals surface area contributed by atoms with Crippen LogP contribution < -0.4 is 0 Å². The predicted molar refractivity (Wildman–Crippen MR) is 108 cm³/mol. The Bertz CT molecular complexity index is 749. The number of hydrogen-bond donors (Lipinski definition) is 0. The number of amides is 1. The molecule has 2 fully saturated rings. The Kier molecular flexibility index (Phi) is 6.71. The van der Waals surface area contributed by atoms with Gasteiger partial charge in [-0.1, -0.05) is 37.3 Å². The van der Waals surface area contributed by atoms with Gasteiger partial charge >= 0.3 is 0 Å². The first-order chi connectivity index (χ1) is 13.0. The van der Waals surface area contributed by atoms with Crippen molar-refractivity contribution in [2.75, 3.05) is 26.2 Å². The van der Waals surface area contributed by atoms with E-state index in [0.717, 1.165) is 25.1 Å². The maximum absolute atomic E-state index is 12.9. The molecule has 1 aliphatic heterocycles. The van der Waals surface area contributed by atoms with Crippen LogP contribution in [0.5, 0.6) is 0 Å². The number of carbonyl (C=O) groups excluding carboxylic acids is 1. The summed E-state index contributed by atoms with van der Waals surface area (Å²) >= 11 is 0. The largest absolute Gasteiger partial charge is 0.342 e. The molecule has 148 valence electrons. The number of piperidine rings is 1. The van der Waals surface area contributed by atoms with E-state index >= 15 is 0 Å². The standard InChI is InChI=1S/C21H30N2O3S/c1-2-13-22(17-19-8-9-19)21(24)20-10-14-23(15-11-20)27(25,26)16-12-18-6-4-3-5-7-18/h3-7,12,16,19-20H,2,8-11,13-15,17H2,1H3/b16-12+. The van der Waals surface area contributed by atoms with Crippen molar-refractivity contribution in [3.63, 3.8) is 0 Å². The van der Waals surface area contributed by atoms with Gasteiger partial charge in [0.1, 0.15) is 0 Å². The van der Waals surface area contributed by atoms with Crippen LogP contribution in [0, 0.1) is 11.8 Å². The van der Waals surface area contributed by atoms with Gasteiger partial charge in [0.05, 0.1) is 0 Å². The molecule has 27 heavy (non-hydrogen) atoms. The maximum atomic E-state index is 12.9. The summed E-state index contributed by atoms with van der Waals surface area (Å²) in [5, 5.41) is 1.28. The average Bonchev–Trinajstić information content (AvgIpc) is 3.51. The molecule has 0 aromatic heterocycles. The highest BCUT2D eigenvalue weighted by atomic mass is 32.2. The van der Waals surface area contributed by atoms with Gasteiger partial charge in [-0.15, -0.1) is 0 Å². The van der Waals surface area contributed by atoms with Crippen LogP contribution >= 0.6 is 0 Å². The van der Waals surface area contributed by atoms with Gasteiger partial charge in [-0.25, -0.2) is 8.42 Å². The molecular weight excluding hydrogens is 360 g/mol. The molecule has 1 saturated heterocycles. The highest BCUT2D eigenvalue weighted by Gasteiger charge is 2.34. The molecule has 1 aromatic carbocycles. The van der Waals surface area contributed by atoms with E-state index in [0.29, 0.717) is 31.8 Å². The number of nitrogens with zero attached hydrogens (tertiary/aromatic N) is 2. The van der Waals surface area contributed by atoms with Gasteiger partial charge < -0.3 is 4.90 Å². The van der Waals surface area contributed by atoms with Gasteiger partial charge in [-0.05, 0) is 49.7 Å². The minimum absolute atomic E-state index is 0.0418. The smallest absolute Gasteiger partial charge is 0.236 e. The fourth-order valence-electron chi connectivity index (χ4n) is 3.60. The van der Waals surface area contributed by atoms with Gasteiger partial charge in [0.15, 0.2) is 0 Å². The lowest BCUT2D eigenvalue weighted by atomic mass is 9.96. The lowest BCUT2D eigenvalue weighted by Crippen LogP contribution is -2.44. The van der Waals surface area contributed by atoms with E-state index in [1.165, 1.54) is 22.6 Å². The van der Waals surface area contributed by atoms with E-state index in [2.05, 4.69) is 6.92 Å². The van der Waals surface area contributed by atoms with Crippen molar-refractivity contribution in [1.29, 1.82) is 0 Å². The van der Waals surface area contributed by atoms with Gasteiger partial charge in [-0.2, -0.15) is 4.31 Å². The molecule has 0 bridgehead atoms. The number of benzene rings is 1. The van der Waals surface area contributed by atoms with Crippen LogP contribution in [0.1, 0.15) is 44.6 Å². The van der Waals surface area contributed by atoms with E-state index in [1.807, 2.05) is 35.2 Å². The number of hydrogen-bond acceptors (Lipinski definition) is 3. The molecule has 6 heteroatoms. The number of sulfonamides is 1. The normalized spacial score (nSPS) is 19.4. The van der Waals surface area contributed by atoms with Gasteiger partial charge in [-0.3, -0.25) is 4.79 Å². The third-order valence-electron chi connectivity index (χ3n) is 5.38. The summed E-state index contributed by atoms with van der Waals surface area (Å²) in [7, 11) is -3.44. The summed E-state index contributed by atoms with van der Waals surface area (Å²) in [6, 6.07) is 9.41. The second-order valence-corrected chi connectivity index (χ2v) is 9.48. The van der Waals surface area contributed by atoms with Gasteiger partial charge in [0.25, 0.3) is 0 Å². The van der Waals surface area contributed by atoms with Crippen molar-refractivity contribution in [3.8, 4) is 0 Å². The zero-order chi connectivity index (χ0) is 19.3. The molecule has 1 aliphatic carbocycles. The zero-order valence-corrected chi connectivity index (χ0v) is 16.9.